The van der Waals surface area contributed by atoms with Crippen LogP contribution in [0.3, 0.4) is 0 Å². The Morgan fingerprint density at radius 1 is 0.867 bits per heavy atom. The molecule has 4 aliphatic rings. The molecule has 0 amide bonds. The number of halogens is 1. The number of hydrogen-bond donors (Lipinski definition) is 0. The summed E-state index contributed by atoms with van der Waals surface area (Å²) in [5.74, 6) is 4.83. The normalized spacial score (nSPS) is 29.4. The van der Waals surface area contributed by atoms with E-state index < -0.39 is 0 Å². The summed E-state index contributed by atoms with van der Waals surface area (Å²) in [5.41, 5.74) is 2.74. The first-order valence-electron chi connectivity index (χ1n) is 11.1. The summed E-state index contributed by atoms with van der Waals surface area (Å²) in [6.07, 6.45) is 8.27. The maximum Gasteiger partial charge on any atom is 0.196 e. The Hall–Kier alpha value is -1.59. The second-order valence-electron chi connectivity index (χ2n) is 9.59. The zero-order valence-electron chi connectivity index (χ0n) is 17.0. The molecule has 7 rings (SSSR count). The molecule has 1 heterocycles. The van der Waals surface area contributed by atoms with Gasteiger partial charge in [-0.1, -0.05) is 58.0 Å². The molecule has 4 aliphatic carbocycles. The van der Waals surface area contributed by atoms with E-state index in [2.05, 4.69) is 75.1 Å². The van der Waals surface area contributed by atoms with E-state index in [1.165, 1.54) is 55.6 Å². The first kappa shape index (κ1) is 19.1. The number of nitrogens with zero attached hydrogens (tertiary/aromatic N) is 3. The third kappa shape index (κ3) is 3.34. The van der Waals surface area contributed by atoms with E-state index in [1.54, 1.807) is 11.8 Å². The summed E-state index contributed by atoms with van der Waals surface area (Å²) < 4.78 is 3.50. The first-order chi connectivity index (χ1) is 14.7. The SMILES string of the molecule is Brc1ccc(CSc2nnc(C34CC5CC(CC(C5)C3)C4)n2-c2ccccc2)cc1. The molecule has 0 spiro atoms. The van der Waals surface area contributed by atoms with Gasteiger partial charge in [-0.2, -0.15) is 0 Å². The Bertz CT molecular complexity index is 1010. The Morgan fingerprint density at radius 2 is 1.50 bits per heavy atom. The van der Waals surface area contributed by atoms with Gasteiger partial charge >= 0.3 is 0 Å². The molecule has 5 heteroatoms. The fraction of sp³-hybridized carbons (Fsp3) is 0.440. The van der Waals surface area contributed by atoms with Gasteiger partial charge in [0.2, 0.25) is 0 Å². The average molecular weight is 480 g/mol. The van der Waals surface area contributed by atoms with Crippen LogP contribution >= 0.6 is 27.7 Å². The number of para-hydroxylation sites is 1. The fourth-order valence-corrected chi connectivity index (χ4v) is 7.80. The van der Waals surface area contributed by atoms with Crippen molar-refractivity contribution in [3.05, 3.63) is 70.5 Å². The molecule has 3 nitrogen and oxygen atoms in total. The Kier molecular flexibility index (Phi) is 4.80. The number of benzene rings is 2. The van der Waals surface area contributed by atoms with E-state index in [0.29, 0.717) is 0 Å². The molecule has 4 fully saturated rings. The summed E-state index contributed by atoms with van der Waals surface area (Å²) in [6, 6.07) is 19.3. The molecule has 3 aromatic rings. The zero-order valence-corrected chi connectivity index (χ0v) is 19.4. The molecule has 2 aromatic carbocycles. The largest absolute Gasteiger partial charge is 0.274 e. The molecule has 30 heavy (non-hydrogen) atoms. The van der Waals surface area contributed by atoms with Crippen LogP contribution in [-0.4, -0.2) is 14.8 Å². The second-order valence-corrected chi connectivity index (χ2v) is 11.4. The Balaban J connectivity index is 1.38. The third-order valence-corrected chi connectivity index (χ3v) is 8.97. The van der Waals surface area contributed by atoms with E-state index in [-0.39, 0.29) is 5.41 Å². The fourth-order valence-electron chi connectivity index (χ4n) is 6.63. The van der Waals surface area contributed by atoms with E-state index in [1.807, 2.05) is 0 Å². The van der Waals surface area contributed by atoms with Crippen molar-refractivity contribution < 1.29 is 0 Å². The van der Waals surface area contributed by atoms with Crippen molar-refractivity contribution in [2.24, 2.45) is 17.8 Å². The van der Waals surface area contributed by atoms with Crippen LogP contribution < -0.4 is 0 Å². The summed E-state index contributed by atoms with van der Waals surface area (Å²) in [5, 5.41) is 10.7. The van der Waals surface area contributed by atoms with Crippen molar-refractivity contribution in [2.75, 3.05) is 0 Å². The topological polar surface area (TPSA) is 30.7 Å². The number of aromatic nitrogens is 3. The molecular formula is C25H26BrN3S. The van der Waals surface area contributed by atoms with Gasteiger partial charge in [-0.15, -0.1) is 10.2 Å². The molecule has 0 aliphatic heterocycles. The highest BCUT2D eigenvalue weighted by molar-refractivity contribution is 9.10. The lowest BCUT2D eigenvalue weighted by atomic mass is 9.49. The third-order valence-electron chi connectivity index (χ3n) is 7.44. The molecule has 1 aromatic heterocycles. The van der Waals surface area contributed by atoms with Gasteiger partial charge in [0.15, 0.2) is 5.16 Å². The number of hydrogen-bond acceptors (Lipinski definition) is 3. The van der Waals surface area contributed by atoms with Crippen molar-refractivity contribution in [1.82, 2.24) is 14.8 Å². The van der Waals surface area contributed by atoms with Crippen LogP contribution in [0, 0.1) is 17.8 Å². The number of thioether (sulfide) groups is 1. The van der Waals surface area contributed by atoms with E-state index in [0.717, 1.165) is 33.1 Å². The maximum atomic E-state index is 4.89. The van der Waals surface area contributed by atoms with E-state index in [4.69, 9.17) is 10.2 Å². The van der Waals surface area contributed by atoms with Gasteiger partial charge in [0, 0.05) is 21.3 Å². The highest BCUT2D eigenvalue weighted by Gasteiger charge is 2.54. The van der Waals surface area contributed by atoms with Gasteiger partial charge in [-0.3, -0.25) is 4.57 Å². The van der Waals surface area contributed by atoms with Crippen LogP contribution in [0.1, 0.15) is 49.9 Å². The number of rotatable bonds is 5. The Morgan fingerprint density at radius 3 is 2.13 bits per heavy atom. The van der Waals surface area contributed by atoms with Gasteiger partial charge in [-0.05, 0) is 86.1 Å². The molecule has 0 unspecified atom stereocenters. The Labute approximate surface area is 190 Å². The zero-order chi connectivity index (χ0) is 20.1. The second kappa shape index (κ2) is 7.52. The van der Waals surface area contributed by atoms with Crippen LogP contribution in [0.4, 0.5) is 0 Å². The predicted octanol–water partition coefficient (Wildman–Crippen LogP) is 6.79. The smallest absolute Gasteiger partial charge is 0.196 e. The summed E-state index contributed by atoms with van der Waals surface area (Å²) in [7, 11) is 0. The van der Waals surface area contributed by atoms with Gasteiger partial charge in [0.05, 0.1) is 0 Å². The molecule has 0 atom stereocenters. The van der Waals surface area contributed by atoms with Crippen molar-refractivity contribution in [3.8, 4) is 5.69 Å². The van der Waals surface area contributed by atoms with Crippen molar-refractivity contribution in [1.29, 1.82) is 0 Å². The van der Waals surface area contributed by atoms with E-state index in [9.17, 15) is 0 Å². The van der Waals surface area contributed by atoms with Crippen molar-refractivity contribution in [2.45, 2.75) is 54.8 Å². The molecule has 0 radical (unpaired) electrons. The minimum Gasteiger partial charge on any atom is -0.274 e. The van der Waals surface area contributed by atoms with Crippen LogP contribution in [0.2, 0.25) is 0 Å². The van der Waals surface area contributed by atoms with Gasteiger partial charge in [0.25, 0.3) is 0 Å². The maximum absolute atomic E-state index is 4.89. The lowest BCUT2D eigenvalue weighted by molar-refractivity contribution is -0.0103. The van der Waals surface area contributed by atoms with Gasteiger partial charge in [-0.25, -0.2) is 0 Å². The predicted molar refractivity (Wildman–Crippen MR) is 125 cm³/mol. The van der Waals surface area contributed by atoms with Crippen LogP contribution in [0.15, 0.2) is 64.2 Å². The summed E-state index contributed by atoms with van der Waals surface area (Å²) in [6.45, 7) is 0. The highest BCUT2D eigenvalue weighted by Crippen LogP contribution is 2.60. The van der Waals surface area contributed by atoms with Crippen LogP contribution in [-0.2, 0) is 11.2 Å². The monoisotopic (exact) mass is 479 g/mol. The van der Waals surface area contributed by atoms with Crippen molar-refractivity contribution in [3.63, 3.8) is 0 Å². The van der Waals surface area contributed by atoms with Crippen LogP contribution in [0.5, 0.6) is 0 Å². The molecule has 154 valence electrons. The molecular weight excluding hydrogens is 454 g/mol. The first-order valence-corrected chi connectivity index (χ1v) is 12.8. The molecule has 4 saturated carbocycles. The van der Waals surface area contributed by atoms with E-state index >= 15 is 0 Å². The van der Waals surface area contributed by atoms with Crippen molar-refractivity contribution >= 4 is 27.7 Å². The highest BCUT2D eigenvalue weighted by atomic mass is 79.9. The van der Waals surface area contributed by atoms with Crippen LogP contribution in [0.25, 0.3) is 5.69 Å². The molecule has 0 saturated heterocycles. The minimum atomic E-state index is 0.230. The van der Waals surface area contributed by atoms with Gasteiger partial charge < -0.3 is 0 Å². The lowest BCUT2D eigenvalue weighted by Gasteiger charge is -2.56. The van der Waals surface area contributed by atoms with Gasteiger partial charge in [0.1, 0.15) is 5.82 Å². The lowest BCUT2D eigenvalue weighted by Crippen LogP contribution is -2.49. The standard InChI is InChI=1S/C25H26BrN3S/c26-21-8-6-17(7-9-21)16-30-24-28-27-23(29(24)22-4-2-1-3-5-22)25-13-18-10-19(14-25)12-20(11-18)15-25/h1-9,18-20H,10-16H2. The average Bonchev–Trinajstić information content (AvgIpc) is 3.18. The summed E-state index contributed by atoms with van der Waals surface area (Å²) in [4.78, 5) is 0. The quantitative estimate of drug-likeness (QED) is 0.377. The molecule has 0 N–H and O–H groups in total. The molecule has 4 bridgehead atoms. The summed E-state index contributed by atoms with van der Waals surface area (Å²) >= 11 is 5.33. The minimum absolute atomic E-state index is 0.230.